The topological polar surface area (TPSA) is 79.8 Å². The number of benzene rings is 2. The Labute approximate surface area is 186 Å². The van der Waals surface area contributed by atoms with Gasteiger partial charge in [-0.25, -0.2) is 14.3 Å². The molecule has 1 atom stereocenters. The average molecular weight is 592 g/mol. The first kappa shape index (κ1) is 23.2. The van der Waals surface area contributed by atoms with Crippen molar-refractivity contribution in [3.63, 3.8) is 0 Å². The number of ether oxygens (including phenoxy) is 1. The van der Waals surface area contributed by atoms with Crippen molar-refractivity contribution in [2.24, 2.45) is 0 Å². The molecule has 0 aliphatic carbocycles. The zero-order valence-electron chi connectivity index (χ0n) is 14.4. The molecule has 28 heavy (non-hydrogen) atoms. The quantitative estimate of drug-likeness (QED) is 0.241. The molecule has 0 aliphatic heterocycles. The molecular formula is C17H15BrClF2IN2O4. The lowest BCUT2D eigenvalue weighted by Crippen LogP contribution is -2.31. The lowest BCUT2D eigenvalue weighted by molar-refractivity contribution is -0.0469. The summed E-state index contributed by atoms with van der Waals surface area (Å²) in [6.45, 7) is -0.462. The van der Waals surface area contributed by atoms with Gasteiger partial charge in [0.2, 0.25) is 0 Å². The number of carbonyl (C=O) groups excluding carboxylic acids is 1. The molecule has 2 aromatic rings. The second-order valence-corrected chi connectivity index (χ2v) is 7.95. The van der Waals surface area contributed by atoms with Gasteiger partial charge in [0.25, 0.3) is 5.91 Å². The van der Waals surface area contributed by atoms with Crippen molar-refractivity contribution in [2.75, 3.05) is 25.6 Å². The standard InChI is InChI=1S/C17H15BrClF2IN2O4/c1-27-9(6-25)7-28-24-17(26)10-5-11(18)14(20)15(21)16(10)23-13-3-2-8(22)4-12(13)19/h2-5,9,23,25H,6-7H2,1H3,(H,24,26). The predicted octanol–water partition coefficient (Wildman–Crippen LogP) is 4.40. The van der Waals surface area contributed by atoms with Gasteiger partial charge < -0.3 is 15.2 Å². The van der Waals surface area contributed by atoms with Crippen molar-refractivity contribution in [3.05, 3.63) is 54.5 Å². The highest BCUT2D eigenvalue weighted by Gasteiger charge is 2.23. The summed E-state index contributed by atoms with van der Waals surface area (Å²) in [5.74, 6) is -3.27. The maximum absolute atomic E-state index is 14.6. The van der Waals surface area contributed by atoms with Crippen molar-refractivity contribution in [1.82, 2.24) is 5.48 Å². The van der Waals surface area contributed by atoms with E-state index < -0.39 is 29.3 Å². The third-order valence-electron chi connectivity index (χ3n) is 3.57. The lowest BCUT2D eigenvalue weighted by Gasteiger charge is -2.16. The first-order valence-corrected chi connectivity index (χ1v) is 9.98. The maximum atomic E-state index is 14.6. The van der Waals surface area contributed by atoms with E-state index in [2.05, 4.69) is 49.3 Å². The fourth-order valence-electron chi connectivity index (χ4n) is 2.07. The number of rotatable bonds is 8. The molecule has 0 radical (unpaired) electrons. The number of hydroxylamine groups is 1. The number of hydrogen-bond donors (Lipinski definition) is 3. The van der Waals surface area contributed by atoms with Gasteiger partial charge >= 0.3 is 0 Å². The van der Waals surface area contributed by atoms with E-state index in [9.17, 15) is 13.6 Å². The van der Waals surface area contributed by atoms with Gasteiger partial charge in [-0.3, -0.25) is 9.63 Å². The van der Waals surface area contributed by atoms with Crippen LogP contribution in [0.3, 0.4) is 0 Å². The summed E-state index contributed by atoms with van der Waals surface area (Å²) in [5.41, 5.74) is 1.77. The fraction of sp³-hybridized carbons (Fsp3) is 0.235. The van der Waals surface area contributed by atoms with Crippen LogP contribution in [-0.4, -0.2) is 37.4 Å². The predicted molar refractivity (Wildman–Crippen MR) is 113 cm³/mol. The van der Waals surface area contributed by atoms with Gasteiger partial charge in [0.05, 0.1) is 33.0 Å². The normalized spacial score (nSPS) is 12.0. The van der Waals surface area contributed by atoms with Crippen molar-refractivity contribution < 1.29 is 28.3 Å². The minimum atomic E-state index is -1.26. The Bertz CT molecular complexity index is 872. The summed E-state index contributed by atoms with van der Waals surface area (Å²) < 4.78 is 34.1. The molecule has 2 rings (SSSR count). The summed E-state index contributed by atoms with van der Waals surface area (Å²) in [6.07, 6.45) is -0.653. The lowest BCUT2D eigenvalue weighted by atomic mass is 10.1. The van der Waals surface area contributed by atoms with Crippen LogP contribution in [0.2, 0.25) is 5.02 Å². The van der Waals surface area contributed by atoms with Crippen molar-refractivity contribution in [3.8, 4) is 0 Å². The zero-order chi connectivity index (χ0) is 20.8. The van der Waals surface area contributed by atoms with Gasteiger partial charge in [-0.1, -0.05) is 11.6 Å². The van der Waals surface area contributed by atoms with Crippen LogP contribution in [0.1, 0.15) is 10.4 Å². The van der Waals surface area contributed by atoms with E-state index in [1.165, 1.54) is 7.11 Å². The van der Waals surface area contributed by atoms with Crippen LogP contribution in [0.25, 0.3) is 0 Å². The summed E-state index contributed by atoms with van der Waals surface area (Å²) in [4.78, 5) is 17.4. The van der Waals surface area contributed by atoms with Gasteiger partial charge in [0, 0.05) is 10.7 Å². The Morgan fingerprint density at radius 2 is 2.07 bits per heavy atom. The monoisotopic (exact) mass is 590 g/mol. The summed E-state index contributed by atoms with van der Waals surface area (Å²) in [5, 5.41) is 11.9. The smallest absolute Gasteiger partial charge is 0.277 e. The van der Waals surface area contributed by atoms with Crippen LogP contribution >= 0.6 is 50.1 Å². The number of nitrogens with one attached hydrogen (secondary N) is 2. The number of methoxy groups -OCH3 is 1. The van der Waals surface area contributed by atoms with E-state index in [1.807, 2.05) is 0 Å². The van der Waals surface area contributed by atoms with Crippen LogP contribution < -0.4 is 10.8 Å². The highest BCUT2D eigenvalue weighted by atomic mass is 127. The highest BCUT2D eigenvalue weighted by molar-refractivity contribution is 14.1. The van der Waals surface area contributed by atoms with Gasteiger partial charge in [-0.2, -0.15) is 0 Å². The number of carbonyl (C=O) groups is 1. The second-order valence-electron chi connectivity index (χ2n) is 5.44. The highest BCUT2D eigenvalue weighted by Crippen LogP contribution is 2.34. The molecule has 11 heteroatoms. The van der Waals surface area contributed by atoms with Gasteiger partial charge in [0.15, 0.2) is 11.6 Å². The molecule has 0 fully saturated rings. The maximum Gasteiger partial charge on any atom is 0.277 e. The van der Waals surface area contributed by atoms with Crippen molar-refractivity contribution in [2.45, 2.75) is 6.10 Å². The summed E-state index contributed by atoms with van der Waals surface area (Å²) in [7, 11) is 1.37. The number of aliphatic hydroxyl groups is 1. The van der Waals surface area contributed by atoms with Crippen molar-refractivity contribution in [1.29, 1.82) is 0 Å². The first-order chi connectivity index (χ1) is 13.3. The molecule has 1 unspecified atom stereocenters. The van der Waals surface area contributed by atoms with Crippen LogP contribution in [-0.2, 0) is 9.57 Å². The van der Waals surface area contributed by atoms with Gasteiger partial charge in [0.1, 0.15) is 12.7 Å². The Hall–Kier alpha value is -1.05. The molecular weight excluding hydrogens is 576 g/mol. The van der Waals surface area contributed by atoms with Gasteiger partial charge in [-0.15, -0.1) is 0 Å². The Kier molecular flexibility index (Phi) is 8.83. The minimum Gasteiger partial charge on any atom is -0.394 e. The van der Waals surface area contributed by atoms with Crippen LogP contribution in [0.4, 0.5) is 20.2 Å². The second kappa shape index (κ2) is 10.6. The fourth-order valence-corrected chi connectivity index (χ4v) is 3.38. The average Bonchev–Trinajstić information content (AvgIpc) is 2.67. The van der Waals surface area contributed by atoms with E-state index in [-0.39, 0.29) is 34.0 Å². The van der Waals surface area contributed by atoms with Crippen LogP contribution in [0, 0.1) is 15.2 Å². The molecule has 6 nitrogen and oxygen atoms in total. The molecule has 1 amide bonds. The van der Waals surface area contributed by atoms with Crippen LogP contribution in [0.15, 0.2) is 28.7 Å². The molecule has 0 saturated heterocycles. The molecule has 0 heterocycles. The minimum absolute atomic E-state index is 0.144. The Morgan fingerprint density at radius 1 is 1.36 bits per heavy atom. The van der Waals surface area contributed by atoms with E-state index in [0.29, 0.717) is 0 Å². The zero-order valence-corrected chi connectivity index (χ0v) is 18.9. The molecule has 0 saturated carbocycles. The molecule has 0 aromatic heterocycles. The largest absolute Gasteiger partial charge is 0.394 e. The Morgan fingerprint density at radius 3 is 2.68 bits per heavy atom. The molecule has 0 aliphatic rings. The third-order valence-corrected chi connectivity index (χ3v) is 5.13. The van der Waals surface area contributed by atoms with Crippen LogP contribution in [0.5, 0.6) is 0 Å². The number of anilines is 2. The third kappa shape index (κ3) is 5.74. The first-order valence-electron chi connectivity index (χ1n) is 7.73. The molecule has 152 valence electrons. The van der Waals surface area contributed by atoms with Gasteiger partial charge in [-0.05, 0) is 62.8 Å². The molecule has 0 spiro atoms. The number of halogens is 5. The number of amides is 1. The van der Waals surface area contributed by atoms with E-state index >= 15 is 0 Å². The SMILES string of the molecule is COC(CO)CONC(=O)c1cc(Br)c(F)c(F)c1Nc1ccc(I)cc1Cl. The molecule has 3 N–H and O–H groups in total. The number of hydrogen-bond acceptors (Lipinski definition) is 5. The number of aliphatic hydroxyl groups excluding tert-OH is 1. The van der Waals surface area contributed by atoms with Crippen molar-refractivity contribution >= 4 is 67.4 Å². The molecule has 0 bridgehead atoms. The van der Waals surface area contributed by atoms with E-state index in [0.717, 1.165) is 9.64 Å². The molecule has 2 aromatic carbocycles. The van der Waals surface area contributed by atoms with E-state index in [4.69, 9.17) is 26.3 Å². The van der Waals surface area contributed by atoms with E-state index in [1.54, 1.807) is 18.2 Å². The summed E-state index contributed by atoms with van der Waals surface area (Å²) >= 11 is 11.1. The summed E-state index contributed by atoms with van der Waals surface area (Å²) in [6, 6.07) is 6.02. The Balaban J connectivity index is 2.31.